The molecule has 0 aromatic heterocycles. The van der Waals surface area contributed by atoms with Gasteiger partial charge in [-0.2, -0.15) is 0 Å². The number of rotatable bonds is 5. The molecule has 0 N–H and O–H groups in total. The number of amides is 2. The van der Waals surface area contributed by atoms with Crippen molar-refractivity contribution < 1.29 is 9.59 Å². The Balaban J connectivity index is 1.69. The lowest BCUT2D eigenvalue weighted by molar-refractivity contribution is -0.140. The zero-order valence-corrected chi connectivity index (χ0v) is 16.4. The van der Waals surface area contributed by atoms with E-state index in [0.29, 0.717) is 25.6 Å². The fourth-order valence-electron chi connectivity index (χ4n) is 4.49. The van der Waals surface area contributed by atoms with Crippen molar-refractivity contribution in [2.24, 2.45) is 11.3 Å². The number of carbonyl (C=O) groups is 2. The summed E-state index contributed by atoms with van der Waals surface area (Å²) in [5.41, 5.74) is 0.751. The van der Waals surface area contributed by atoms with Crippen LogP contribution in [0.4, 0.5) is 0 Å². The average Bonchev–Trinajstić information content (AvgIpc) is 3.15. The van der Waals surface area contributed by atoms with Crippen LogP contribution in [0.15, 0.2) is 30.3 Å². The second-order valence-electron chi connectivity index (χ2n) is 8.34. The van der Waals surface area contributed by atoms with Gasteiger partial charge in [0.25, 0.3) is 0 Å². The molecule has 2 heterocycles. The quantitative estimate of drug-likeness (QED) is 0.808. The van der Waals surface area contributed by atoms with Crippen molar-refractivity contribution in [1.82, 2.24) is 14.7 Å². The zero-order chi connectivity index (χ0) is 18.9. The minimum atomic E-state index is -0.434. The van der Waals surface area contributed by atoms with Crippen molar-refractivity contribution in [3.05, 3.63) is 35.9 Å². The predicted octanol–water partition coefficient (Wildman–Crippen LogP) is 1.88. The molecule has 0 spiro atoms. The van der Waals surface area contributed by atoms with Crippen LogP contribution in [-0.2, 0) is 16.0 Å². The summed E-state index contributed by atoms with van der Waals surface area (Å²) in [4.78, 5) is 31.8. The summed E-state index contributed by atoms with van der Waals surface area (Å²) in [6.45, 7) is 7.28. The molecule has 2 aliphatic rings. The van der Waals surface area contributed by atoms with Crippen molar-refractivity contribution >= 4 is 11.8 Å². The smallest absolute Gasteiger partial charge is 0.231 e. The van der Waals surface area contributed by atoms with E-state index in [1.807, 2.05) is 37.2 Å². The third kappa shape index (κ3) is 3.50. The molecule has 3 rings (SSSR count). The van der Waals surface area contributed by atoms with Crippen molar-refractivity contribution in [2.75, 3.05) is 40.3 Å². The molecular weight excluding hydrogens is 326 g/mol. The molecule has 0 unspecified atom stereocenters. The summed E-state index contributed by atoms with van der Waals surface area (Å²) in [5.74, 6) is 0.578. The first-order valence-electron chi connectivity index (χ1n) is 9.61. The number of fused-ring (bicyclic) bond motifs is 1. The van der Waals surface area contributed by atoms with Crippen LogP contribution >= 0.6 is 0 Å². The Bertz CT molecular complexity index is 658. The van der Waals surface area contributed by atoms with Crippen LogP contribution in [0.2, 0.25) is 0 Å². The molecule has 0 saturated carbocycles. The van der Waals surface area contributed by atoms with E-state index in [4.69, 9.17) is 0 Å². The van der Waals surface area contributed by atoms with E-state index in [2.05, 4.69) is 30.9 Å². The molecule has 5 heteroatoms. The minimum absolute atomic E-state index is 0.170. The van der Waals surface area contributed by atoms with Gasteiger partial charge in [-0.3, -0.25) is 14.5 Å². The van der Waals surface area contributed by atoms with Crippen molar-refractivity contribution in [2.45, 2.75) is 32.7 Å². The van der Waals surface area contributed by atoms with Gasteiger partial charge in [0.1, 0.15) is 0 Å². The van der Waals surface area contributed by atoms with Crippen LogP contribution in [0.5, 0.6) is 0 Å². The molecular formula is C21H31N3O2. The molecule has 0 radical (unpaired) electrons. The molecule has 142 valence electrons. The Kier molecular flexibility index (Phi) is 5.37. The third-order valence-electron chi connectivity index (χ3n) is 6.02. The molecule has 26 heavy (non-hydrogen) atoms. The minimum Gasteiger partial charge on any atom is -0.348 e. The summed E-state index contributed by atoms with van der Waals surface area (Å²) >= 11 is 0. The molecule has 2 fully saturated rings. The summed E-state index contributed by atoms with van der Waals surface area (Å²) in [7, 11) is 3.65. The van der Waals surface area contributed by atoms with Crippen LogP contribution in [0.3, 0.4) is 0 Å². The fourth-order valence-corrected chi connectivity index (χ4v) is 4.49. The normalized spacial score (nSPS) is 25.6. The Hall–Kier alpha value is -1.88. The topological polar surface area (TPSA) is 43.9 Å². The highest BCUT2D eigenvalue weighted by Crippen LogP contribution is 2.44. The van der Waals surface area contributed by atoms with Gasteiger partial charge in [0.2, 0.25) is 11.8 Å². The molecule has 5 nitrogen and oxygen atoms in total. The highest BCUT2D eigenvalue weighted by Gasteiger charge is 2.58. The van der Waals surface area contributed by atoms with Gasteiger partial charge in [-0.05, 0) is 25.8 Å². The number of carbonyl (C=O) groups excluding carboxylic acids is 2. The van der Waals surface area contributed by atoms with Gasteiger partial charge in [-0.25, -0.2) is 0 Å². The number of likely N-dealkylation sites (tertiary alicyclic amines) is 2. The Labute approximate surface area is 156 Å². The van der Waals surface area contributed by atoms with E-state index in [1.165, 1.54) is 5.56 Å². The maximum absolute atomic E-state index is 13.0. The number of hydrogen-bond acceptors (Lipinski definition) is 3. The SMILES string of the molecule is CC(C)N1C[C@H]2CN(C(=O)CCc3ccccc3)C[C@@]2(C(=O)N(C)C)C1. The Morgan fingerprint density at radius 3 is 2.46 bits per heavy atom. The lowest BCUT2D eigenvalue weighted by Gasteiger charge is -2.31. The lowest BCUT2D eigenvalue weighted by Crippen LogP contribution is -2.48. The summed E-state index contributed by atoms with van der Waals surface area (Å²) < 4.78 is 0. The molecule has 2 atom stereocenters. The van der Waals surface area contributed by atoms with Crippen molar-refractivity contribution in [1.29, 1.82) is 0 Å². The molecule has 2 saturated heterocycles. The van der Waals surface area contributed by atoms with Crippen molar-refractivity contribution in [3.8, 4) is 0 Å². The van der Waals surface area contributed by atoms with Crippen LogP contribution < -0.4 is 0 Å². The number of hydrogen-bond donors (Lipinski definition) is 0. The molecule has 0 bridgehead atoms. The van der Waals surface area contributed by atoms with Crippen LogP contribution in [0, 0.1) is 11.3 Å². The molecule has 2 amide bonds. The van der Waals surface area contributed by atoms with E-state index in [1.54, 1.807) is 4.90 Å². The van der Waals surface area contributed by atoms with Gasteiger partial charge in [0.15, 0.2) is 0 Å². The first kappa shape index (κ1) is 18.9. The van der Waals surface area contributed by atoms with E-state index in [9.17, 15) is 9.59 Å². The van der Waals surface area contributed by atoms with Gasteiger partial charge in [0, 0.05) is 58.7 Å². The Morgan fingerprint density at radius 2 is 1.85 bits per heavy atom. The maximum Gasteiger partial charge on any atom is 0.231 e. The van der Waals surface area contributed by atoms with E-state index in [0.717, 1.165) is 19.5 Å². The molecule has 1 aromatic rings. The standard InChI is InChI=1S/C21H31N3O2/c1-16(2)23-12-18-13-24(15-21(18,14-23)20(26)22(3)4)19(25)11-10-17-8-6-5-7-9-17/h5-9,16,18H,10-15H2,1-4H3/t18-,21-/m0/s1. The first-order chi connectivity index (χ1) is 12.3. The van der Waals surface area contributed by atoms with Crippen LogP contribution in [0.25, 0.3) is 0 Å². The fraction of sp³-hybridized carbons (Fsp3) is 0.619. The van der Waals surface area contributed by atoms with Crippen LogP contribution in [-0.4, -0.2) is 72.8 Å². The Morgan fingerprint density at radius 1 is 1.15 bits per heavy atom. The van der Waals surface area contributed by atoms with Gasteiger partial charge < -0.3 is 9.80 Å². The van der Waals surface area contributed by atoms with Gasteiger partial charge in [0.05, 0.1) is 5.41 Å². The molecule has 1 aromatic carbocycles. The summed E-state index contributed by atoms with van der Waals surface area (Å²) in [6.07, 6.45) is 1.27. The highest BCUT2D eigenvalue weighted by molar-refractivity contribution is 5.86. The largest absolute Gasteiger partial charge is 0.348 e. The average molecular weight is 357 g/mol. The summed E-state index contributed by atoms with van der Waals surface area (Å²) in [6, 6.07) is 10.5. The molecule has 0 aliphatic carbocycles. The van der Waals surface area contributed by atoms with Crippen LogP contribution in [0.1, 0.15) is 25.8 Å². The van der Waals surface area contributed by atoms with Gasteiger partial charge in [-0.15, -0.1) is 0 Å². The first-order valence-corrected chi connectivity index (χ1v) is 9.61. The zero-order valence-electron chi connectivity index (χ0n) is 16.4. The maximum atomic E-state index is 13.0. The van der Waals surface area contributed by atoms with E-state index >= 15 is 0 Å². The molecule has 2 aliphatic heterocycles. The van der Waals surface area contributed by atoms with Gasteiger partial charge in [-0.1, -0.05) is 30.3 Å². The van der Waals surface area contributed by atoms with Gasteiger partial charge >= 0.3 is 0 Å². The van der Waals surface area contributed by atoms with E-state index < -0.39 is 5.41 Å². The third-order valence-corrected chi connectivity index (χ3v) is 6.02. The number of aryl methyl sites for hydroxylation is 1. The van der Waals surface area contributed by atoms with E-state index in [-0.39, 0.29) is 17.7 Å². The second-order valence-corrected chi connectivity index (χ2v) is 8.34. The number of benzene rings is 1. The summed E-state index contributed by atoms with van der Waals surface area (Å²) in [5, 5.41) is 0. The second kappa shape index (κ2) is 7.39. The monoisotopic (exact) mass is 357 g/mol. The predicted molar refractivity (Wildman–Crippen MR) is 103 cm³/mol. The van der Waals surface area contributed by atoms with Crippen molar-refractivity contribution in [3.63, 3.8) is 0 Å². The highest BCUT2D eigenvalue weighted by atomic mass is 16.2. The lowest BCUT2D eigenvalue weighted by atomic mass is 9.79. The number of nitrogens with zero attached hydrogens (tertiary/aromatic N) is 3.